The summed E-state index contributed by atoms with van der Waals surface area (Å²) < 4.78 is 11.2. The summed E-state index contributed by atoms with van der Waals surface area (Å²) in [6, 6.07) is 47.8. The van der Waals surface area contributed by atoms with Crippen LogP contribution >= 0.6 is 0 Å². The van der Waals surface area contributed by atoms with E-state index in [1.54, 1.807) is 0 Å². The van der Waals surface area contributed by atoms with Crippen LogP contribution < -0.4 is 4.74 Å². The van der Waals surface area contributed by atoms with E-state index in [9.17, 15) is 0 Å². The predicted octanol–water partition coefficient (Wildman–Crippen LogP) is 10.4. The van der Waals surface area contributed by atoms with Crippen molar-refractivity contribution in [2.45, 2.75) is 6.42 Å². The fraction of sp³-hybridized carbons (Fsp3) is 0.0256. The molecule has 6 aromatic carbocycles. The fourth-order valence-electron chi connectivity index (χ4n) is 6.61. The molecule has 0 radical (unpaired) electrons. The summed E-state index contributed by atoms with van der Waals surface area (Å²) in [4.78, 5) is 0. The quantitative estimate of drug-likeness (QED) is 0.200. The highest BCUT2D eigenvalue weighted by molar-refractivity contribution is 6.10. The molecule has 42 heavy (non-hydrogen) atoms. The third kappa shape index (κ3) is 3.54. The highest BCUT2D eigenvalue weighted by Crippen LogP contribution is 2.41. The number of benzene rings is 6. The third-order valence-electron chi connectivity index (χ3n) is 8.37. The van der Waals surface area contributed by atoms with Gasteiger partial charge in [0.15, 0.2) is 0 Å². The molecule has 8 aromatic rings. The zero-order chi connectivity index (χ0) is 28.2. The van der Waals surface area contributed by atoms with E-state index in [4.69, 9.17) is 4.74 Å². The Morgan fingerprint density at radius 3 is 1.12 bits per heavy atom. The van der Waals surface area contributed by atoms with E-state index < -0.39 is 0 Å². The van der Waals surface area contributed by atoms with Crippen molar-refractivity contribution in [1.29, 1.82) is 0 Å². The average molecular weight is 541 g/mol. The Hall–Kier alpha value is -5.54. The first-order chi connectivity index (χ1) is 20.8. The summed E-state index contributed by atoms with van der Waals surface area (Å²) in [6.45, 7) is 6.00. The second-order valence-corrected chi connectivity index (χ2v) is 10.6. The summed E-state index contributed by atoms with van der Waals surface area (Å²) in [7, 11) is 0. The largest absolute Gasteiger partial charge is 0.457 e. The molecule has 0 fully saturated rings. The van der Waals surface area contributed by atoms with E-state index in [1.165, 1.54) is 54.7 Å². The van der Waals surface area contributed by atoms with Gasteiger partial charge in [0.05, 0.1) is 22.1 Å². The van der Waals surface area contributed by atoms with Gasteiger partial charge in [-0.05, 0) is 60.7 Å². The van der Waals surface area contributed by atoms with Gasteiger partial charge >= 0.3 is 0 Å². The van der Waals surface area contributed by atoms with Gasteiger partial charge in [0.2, 0.25) is 0 Å². The summed E-state index contributed by atoms with van der Waals surface area (Å²) in [6.07, 6.45) is 0.820. The smallest absolute Gasteiger partial charge is 0.131 e. The Kier molecular flexibility index (Phi) is 5.51. The standard InChI is InChI=1S/C37H24N2O.C2H4/c1-5-13-32-28(9-1)29-10-2-6-14-33(29)38(32)26-17-19-36-24(22-26)21-25-23-27(18-20-37(25)40-36)39-34-15-7-3-11-30(34)31-12-4-8-16-35(31)39;1-2/h1-20,22-23H,21H2;1-2H2. The van der Waals surface area contributed by atoms with Gasteiger partial charge in [0, 0.05) is 50.5 Å². The van der Waals surface area contributed by atoms with Gasteiger partial charge in [0.25, 0.3) is 0 Å². The van der Waals surface area contributed by atoms with E-state index in [-0.39, 0.29) is 0 Å². The minimum absolute atomic E-state index is 0.820. The van der Waals surface area contributed by atoms with Crippen LogP contribution in [0.1, 0.15) is 11.1 Å². The van der Waals surface area contributed by atoms with Crippen molar-refractivity contribution >= 4 is 43.6 Å². The van der Waals surface area contributed by atoms with E-state index in [0.29, 0.717) is 0 Å². The molecule has 0 spiro atoms. The molecule has 0 bridgehead atoms. The van der Waals surface area contributed by atoms with Crippen LogP contribution in [0.5, 0.6) is 11.5 Å². The van der Waals surface area contributed by atoms with Crippen LogP contribution in [0.3, 0.4) is 0 Å². The number of nitrogens with zero attached hydrogens (tertiary/aromatic N) is 2. The molecule has 0 unspecified atom stereocenters. The topological polar surface area (TPSA) is 19.1 Å². The lowest BCUT2D eigenvalue weighted by atomic mass is 9.99. The lowest BCUT2D eigenvalue weighted by Gasteiger charge is -2.22. The molecule has 200 valence electrons. The Balaban J connectivity index is 0.00000131. The fourth-order valence-corrected chi connectivity index (χ4v) is 6.61. The van der Waals surface area contributed by atoms with Crippen LogP contribution in [-0.2, 0) is 6.42 Å². The van der Waals surface area contributed by atoms with Crippen molar-refractivity contribution in [3.05, 3.63) is 158 Å². The summed E-state index contributed by atoms with van der Waals surface area (Å²) in [5, 5.41) is 5.09. The number of ether oxygens (including phenoxy) is 1. The zero-order valence-electron chi connectivity index (χ0n) is 23.1. The van der Waals surface area contributed by atoms with Crippen molar-refractivity contribution in [2.75, 3.05) is 0 Å². The van der Waals surface area contributed by atoms with Crippen molar-refractivity contribution in [2.24, 2.45) is 0 Å². The maximum atomic E-state index is 6.45. The Bertz CT molecular complexity index is 2030. The molecule has 1 aliphatic rings. The average Bonchev–Trinajstić information content (AvgIpc) is 3.57. The highest BCUT2D eigenvalue weighted by Gasteiger charge is 2.21. The summed E-state index contributed by atoms with van der Waals surface area (Å²) in [5.41, 5.74) is 9.58. The first kappa shape index (κ1) is 24.3. The van der Waals surface area contributed by atoms with Gasteiger partial charge in [-0.15, -0.1) is 13.2 Å². The van der Waals surface area contributed by atoms with Gasteiger partial charge in [-0.25, -0.2) is 0 Å². The monoisotopic (exact) mass is 540 g/mol. The van der Waals surface area contributed by atoms with Gasteiger partial charge in [0.1, 0.15) is 11.5 Å². The number of para-hydroxylation sites is 4. The molecular weight excluding hydrogens is 512 g/mol. The number of fused-ring (bicyclic) bond motifs is 8. The van der Waals surface area contributed by atoms with Crippen molar-refractivity contribution in [3.63, 3.8) is 0 Å². The summed E-state index contributed by atoms with van der Waals surface area (Å²) >= 11 is 0. The molecule has 9 rings (SSSR count). The van der Waals surface area contributed by atoms with Crippen LogP contribution in [0.4, 0.5) is 0 Å². The molecule has 2 aromatic heterocycles. The minimum Gasteiger partial charge on any atom is -0.457 e. The van der Waals surface area contributed by atoms with E-state index in [0.717, 1.165) is 29.3 Å². The molecule has 0 aliphatic carbocycles. The first-order valence-corrected chi connectivity index (χ1v) is 14.2. The van der Waals surface area contributed by atoms with Crippen LogP contribution in [0.25, 0.3) is 55.0 Å². The number of hydrogen-bond acceptors (Lipinski definition) is 1. The van der Waals surface area contributed by atoms with E-state index in [1.807, 2.05) is 0 Å². The number of aromatic nitrogens is 2. The maximum absolute atomic E-state index is 6.45. The van der Waals surface area contributed by atoms with Crippen LogP contribution in [0.2, 0.25) is 0 Å². The van der Waals surface area contributed by atoms with Gasteiger partial charge in [-0.2, -0.15) is 0 Å². The SMILES string of the molecule is C=C.c1ccc2c(c1)c1ccccc1n2-c1ccc2c(c1)Cc1cc(-n3c4ccccc4c4ccccc43)ccc1O2. The molecule has 3 heteroatoms. The van der Waals surface area contributed by atoms with E-state index in [2.05, 4.69) is 156 Å². The van der Waals surface area contributed by atoms with Crippen LogP contribution in [0, 0.1) is 0 Å². The number of hydrogen-bond donors (Lipinski definition) is 0. The second-order valence-electron chi connectivity index (χ2n) is 10.6. The minimum atomic E-state index is 0.820. The summed E-state index contributed by atoms with van der Waals surface area (Å²) in [5.74, 6) is 1.86. The molecule has 3 nitrogen and oxygen atoms in total. The van der Waals surface area contributed by atoms with Crippen LogP contribution in [-0.4, -0.2) is 9.13 Å². The lowest BCUT2D eigenvalue weighted by molar-refractivity contribution is 0.460. The molecule has 1 aliphatic heterocycles. The molecular formula is C39H28N2O. The van der Waals surface area contributed by atoms with Gasteiger partial charge < -0.3 is 13.9 Å². The molecule has 0 amide bonds. The molecule has 3 heterocycles. The van der Waals surface area contributed by atoms with Gasteiger partial charge in [-0.1, -0.05) is 72.8 Å². The van der Waals surface area contributed by atoms with Crippen molar-refractivity contribution < 1.29 is 4.74 Å². The Morgan fingerprint density at radius 1 is 0.429 bits per heavy atom. The molecule has 0 atom stereocenters. The second kappa shape index (κ2) is 9.53. The van der Waals surface area contributed by atoms with E-state index >= 15 is 0 Å². The Morgan fingerprint density at radius 2 is 0.762 bits per heavy atom. The zero-order valence-corrected chi connectivity index (χ0v) is 23.1. The molecule has 0 saturated heterocycles. The normalized spacial score (nSPS) is 12.1. The third-order valence-corrected chi connectivity index (χ3v) is 8.37. The highest BCUT2D eigenvalue weighted by atomic mass is 16.5. The molecule has 0 saturated carbocycles. The molecule has 0 N–H and O–H groups in total. The van der Waals surface area contributed by atoms with Crippen LogP contribution in [0.15, 0.2) is 147 Å². The van der Waals surface area contributed by atoms with Crippen molar-refractivity contribution in [1.82, 2.24) is 9.13 Å². The lowest BCUT2D eigenvalue weighted by Crippen LogP contribution is -2.06. The van der Waals surface area contributed by atoms with Crippen molar-refractivity contribution in [3.8, 4) is 22.9 Å². The predicted molar refractivity (Wildman–Crippen MR) is 176 cm³/mol. The Labute approximate surface area is 244 Å². The first-order valence-electron chi connectivity index (χ1n) is 14.2. The van der Waals surface area contributed by atoms with Gasteiger partial charge in [-0.3, -0.25) is 0 Å². The maximum Gasteiger partial charge on any atom is 0.131 e. The number of rotatable bonds is 2.